The van der Waals surface area contributed by atoms with Gasteiger partial charge in [0, 0.05) is 45.7 Å². The number of carbonyl (C=O) groups is 2. The fourth-order valence-electron chi connectivity index (χ4n) is 3.67. The van der Waals surface area contributed by atoms with E-state index in [-0.39, 0.29) is 17.7 Å². The maximum atomic E-state index is 12.7. The predicted octanol–water partition coefficient (Wildman–Crippen LogP) is 1.60. The number of likely N-dealkylation sites (tertiary alicyclic amines) is 1. The van der Waals surface area contributed by atoms with E-state index in [2.05, 4.69) is 11.0 Å². The second kappa shape index (κ2) is 7.76. The van der Waals surface area contributed by atoms with Crippen LogP contribution in [0.25, 0.3) is 0 Å². The third-order valence-electron chi connectivity index (χ3n) is 5.04. The van der Waals surface area contributed by atoms with Gasteiger partial charge in [-0.05, 0) is 26.0 Å². The van der Waals surface area contributed by atoms with Gasteiger partial charge in [0.2, 0.25) is 11.8 Å². The van der Waals surface area contributed by atoms with Gasteiger partial charge in [-0.3, -0.25) is 9.59 Å². The van der Waals surface area contributed by atoms with Gasteiger partial charge in [-0.1, -0.05) is 12.1 Å². The number of para-hydroxylation sites is 2. The number of hydrogen-bond donors (Lipinski definition) is 0. The third-order valence-corrected chi connectivity index (χ3v) is 5.04. The Balaban J connectivity index is 1.59. The molecule has 2 heterocycles. The highest BCUT2D eigenvalue weighted by Gasteiger charge is 2.36. The molecule has 1 atom stereocenters. The Morgan fingerprint density at radius 3 is 2.52 bits per heavy atom. The van der Waals surface area contributed by atoms with Gasteiger partial charge in [0.25, 0.3) is 0 Å². The van der Waals surface area contributed by atoms with Crippen LogP contribution in [0.4, 0.5) is 5.69 Å². The van der Waals surface area contributed by atoms with Crippen LogP contribution in [0.15, 0.2) is 24.3 Å². The largest absolute Gasteiger partial charge is 0.492 e. The van der Waals surface area contributed by atoms with Gasteiger partial charge in [0.15, 0.2) is 0 Å². The molecule has 2 amide bonds. The SMILES string of the molecule is CCOc1ccccc1N1CCN(C(=O)[C@@H]2CC(=O)N(CC)C2)CC1. The minimum atomic E-state index is -0.172. The van der Waals surface area contributed by atoms with Crippen molar-refractivity contribution in [2.45, 2.75) is 20.3 Å². The zero-order valence-corrected chi connectivity index (χ0v) is 15.1. The fraction of sp³-hybridized carbons (Fsp3) is 0.579. The summed E-state index contributed by atoms with van der Waals surface area (Å²) in [4.78, 5) is 30.6. The highest BCUT2D eigenvalue weighted by molar-refractivity contribution is 5.89. The summed E-state index contributed by atoms with van der Waals surface area (Å²) in [5.41, 5.74) is 1.09. The second-order valence-electron chi connectivity index (χ2n) is 6.55. The van der Waals surface area contributed by atoms with Crippen molar-refractivity contribution in [3.05, 3.63) is 24.3 Å². The number of ether oxygens (including phenoxy) is 1. The molecule has 0 radical (unpaired) electrons. The summed E-state index contributed by atoms with van der Waals surface area (Å²) in [6, 6.07) is 8.04. The first-order chi connectivity index (χ1) is 12.1. The van der Waals surface area contributed by atoms with Gasteiger partial charge in [0.05, 0.1) is 18.2 Å². The molecule has 25 heavy (non-hydrogen) atoms. The molecule has 0 aromatic heterocycles. The maximum Gasteiger partial charge on any atom is 0.228 e. The predicted molar refractivity (Wildman–Crippen MR) is 96.8 cm³/mol. The Hall–Kier alpha value is -2.24. The van der Waals surface area contributed by atoms with E-state index in [1.54, 1.807) is 4.90 Å². The van der Waals surface area contributed by atoms with Crippen molar-refractivity contribution in [3.63, 3.8) is 0 Å². The summed E-state index contributed by atoms with van der Waals surface area (Å²) in [5.74, 6) is 0.951. The van der Waals surface area contributed by atoms with Crippen molar-refractivity contribution in [1.82, 2.24) is 9.80 Å². The summed E-state index contributed by atoms with van der Waals surface area (Å²) in [6.07, 6.45) is 0.361. The molecular weight excluding hydrogens is 318 g/mol. The normalized spacial score (nSPS) is 21.0. The van der Waals surface area contributed by atoms with Gasteiger partial charge in [-0.25, -0.2) is 0 Å². The molecule has 2 fully saturated rings. The number of benzene rings is 1. The topological polar surface area (TPSA) is 53.1 Å². The van der Waals surface area contributed by atoms with Gasteiger partial charge < -0.3 is 19.4 Å². The van der Waals surface area contributed by atoms with Crippen LogP contribution in [0.5, 0.6) is 5.75 Å². The van der Waals surface area contributed by atoms with Crippen LogP contribution < -0.4 is 9.64 Å². The molecule has 0 aliphatic carbocycles. The molecule has 0 spiro atoms. The van der Waals surface area contributed by atoms with Crippen LogP contribution in [0.2, 0.25) is 0 Å². The van der Waals surface area contributed by atoms with Crippen LogP contribution in [0.1, 0.15) is 20.3 Å². The lowest BCUT2D eigenvalue weighted by Crippen LogP contribution is -2.50. The van der Waals surface area contributed by atoms with E-state index in [9.17, 15) is 9.59 Å². The lowest BCUT2D eigenvalue weighted by atomic mass is 10.1. The average molecular weight is 345 g/mol. The minimum Gasteiger partial charge on any atom is -0.492 e. The van der Waals surface area contributed by atoms with Gasteiger partial charge >= 0.3 is 0 Å². The van der Waals surface area contributed by atoms with Crippen LogP contribution in [-0.2, 0) is 9.59 Å². The molecule has 3 rings (SSSR count). The third kappa shape index (κ3) is 3.72. The molecule has 1 aromatic carbocycles. The van der Waals surface area contributed by atoms with Gasteiger partial charge in [-0.2, -0.15) is 0 Å². The molecule has 1 aromatic rings. The zero-order valence-electron chi connectivity index (χ0n) is 15.1. The van der Waals surface area contributed by atoms with E-state index >= 15 is 0 Å². The highest BCUT2D eigenvalue weighted by atomic mass is 16.5. The van der Waals surface area contributed by atoms with Crippen molar-refractivity contribution in [3.8, 4) is 5.75 Å². The minimum absolute atomic E-state index is 0.102. The van der Waals surface area contributed by atoms with Crippen LogP contribution >= 0.6 is 0 Å². The molecule has 136 valence electrons. The molecule has 6 nitrogen and oxygen atoms in total. The van der Waals surface area contributed by atoms with Crippen LogP contribution in [0, 0.1) is 5.92 Å². The van der Waals surface area contributed by atoms with E-state index in [1.165, 1.54) is 0 Å². The number of piperazine rings is 1. The lowest BCUT2D eigenvalue weighted by molar-refractivity contribution is -0.136. The van der Waals surface area contributed by atoms with Crippen molar-refractivity contribution < 1.29 is 14.3 Å². The monoisotopic (exact) mass is 345 g/mol. The first kappa shape index (κ1) is 17.6. The molecule has 0 saturated carbocycles. The Morgan fingerprint density at radius 2 is 1.88 bits per heavy atom. The number of rotatable bonds is 5. The fourth-order valence-corrected chi connectivity index (χ4v) is 3.67. The Morgan fingerprint density at radius 1 is 1.16 bits per heavy atom. The van der Waals surface area contributed by atoms with E-state index in [4.69, 9.17) is 4.74 Å². The lowest BCUT2D eigenvalue weighted by Gasteiger charge is -2.37. The van der Waals surface area contributed by atoms with Crippen molar-refractivity contribution >= 4 is 17.5 Å². The average Bonchev–Trinajstić information content (AvgIpc) is 3.03. The molecule has 0 bridgehead atoms. The Labute approximate surface area is 149 Å². The van der Waals surface area contributed by atoms with E-state index in [0.717, 1.165) is 24.5 Å². The molecule has 0 unspecified atom stereocenters. The quantitative estimate of drug-likeness (QED) is 0.813. The van der Waals surface area contributed by atoms with E-state index in [0.29, 0.717) is 39.2 Å². The van der Waals surface area contributed by atoms with Gasteiger partial charge in [0.1, 0.15) is 5.75 Å². The number of anilines is 1. The number of hydrogen-bond acceptors (Lipinski definition) is 4. The molecular formula is C19H27N3O3. The van der Waals surface area contributed by atoms with E-state index < -0.39 is 0 Å². The smallest absolute Gasteiger partial charge is 0.228 e. The van der Waals surface area contributed by atoms with Crippen molar-refractivity contribution in [2.24, 2.45) is 5.92 Å². The molecule has 2 aliphatic rings. The van der Waals surface area contributed by atoms with Crippen molar-refractivity contribution in [2.75, 3.05) is 50.8 Å². The summed E-state index contributed by atoms with van der Waals surface area (Å²) >= 11 is 0. The summed E-state index contributed by atoms with van der Waals surface area (Å²) < 4.78 is 5.72. The number of carbonyl (C=O) groups excluding carboxylic acids is 2. The van der Waals surface area contributed by atoms with Crippen molar-refractivity contribution in [1.29, 1.82) is 0 Å². The Bertz CT molecular complexity index is 626. The maximum absolute atomic E-state index is 12.7. The zero-order chi connectivity index (χ0) is 17.8. The van der Waals surface area contributed by atoms with Crippen LogP contribution in [-0.4, -0.2) is 67.5 Å². The first-order valence-electron chi connectivity index (χ1n) is 9.17. The standard InChI is InChI=1S/C19H27N3O3/c1-3-20-14-15(13-18(20)23)19(24)22-11-9-21(10-12-22)16-7-5-6-8-17(16)25-4-2/h5-8,15H,3-4,9-14H2,1-2H3/t15-/m1/s1. The highest BCUT2D eigenvalue weighted by Crippen LogP contribution is 2.29. The first-order valence-corrected chi connectivity index (χ1v) is 9.17. The molecule has 6 heteroatoms. The summed E-state index contributed by atoms with van der Waals surface area (Å²) in [6.45, 7) is 8.79. The number of amides is 2. The van der Waals surface area contributed by atoms with E-state index in [1.807, 2.05) is 36.9 Å². The summed E-state index contributed by atoms with van der Waals surface area (Å²) in [7, 11) is 0. The van der Waals surface area contributed by atoms with Gasteiger partial charge in [-0.15, -0.1) is 0 Å². The molecule has 2 aliphatic heterocycles. The number of nitrogens with zero attached hydrogens (tertiary/aromatic N) is 3. The molecule has 2 saturated heterocycles. The molecule has 0 N–H and O–H groups in total. The summed E-state index contributed by atoms with van der Waals surface area (Å²) in [5, 5.41) is 0. The second-order valence-corrected chi connectivity index (χ2v) is 6.55. The van der Waals surface area contributed by atoms with Crippen LogP contribution in [0.3, 0.4) is 0 Å². The Kier molecular flexibility index (Phi) is 5.46.